The summed E-state index contributed by atoms with van der Waals surface area (Å²) in [4.78, 5) is 148. The molecule has 1 aromatic carbocycles. The summed E-state index contributed by atoms with van der Waals surface area (Å²) in [6, 6.07) is -4.70. The number of carbonyl (C=O) groups is 11. The fraction of sp³-hybridized carbons (Fsp3) is 0.717. The molecule has 2 saturated heterocycles. The summed E-state index contributed by atoms with van der Waals surface area (Å²) in [5, 5.41) is 97.6. The van der Waals surface area contributed by atoms with Crippen molar-refractivity contribution in [2.75, 3.05) is 26.4 Å². The lowest BCUT2D eigenvalue weighted by Crippen LogP contribution is -2.68. The average molecular weight is 1330 g/mol. The molecule has 33 nitrogen and oxygen atoms in total. The first-order valence-corrected chi connectivity index (χ1v) is 31.2. The van der Waals surface area contributed by atoms with Gasteiger partial charge >= 0.3 is 5.97 Å². The van der Waals surface area contributed by atoms with Crippen LogP contribution in [0.4, 0.5) is 0 Å². The fourth-order valence-corrected chi connectivity index (χ4v) is 9.81. The van der Waals surface area contributed by atoms with E-state index in [1.165, 1.54) is 27.7 Å². The van der Waals surface area contributed by atoms with Crippen LogP contribution in [-0.4, -0.2) is 243 Å². The standard InChI is InChI=1S/C60H99N11O22/c1-12-28(5)42(71-57(87)43(29(6)13-2)70-50(80)30(7)61)56(86)65-33(10)52(82)67-36(54(84)68-37(23-35-18-15-14-16-19-35)55(85)64-31(8)51(81)63-32(9)53(83)69-38(58(88)89)22-27(3)4)20-17-21-62-41(75)26-90-59-44(66-34(11)74)49(46(77)40(25-73)91-59)93-60-48(79)47(78)45(76)39(24-72)92-60/h14-16,18-19,27-33,36-40,42-49,59-60,72-73,76-79H,12-13,17,20-26,61H2,1-11H3,(H,62,75)(H,63,81)(H,64,85)(H,65,86)(H,66,74)(H,67,82)(H,68,84)(H,69,83)(H,70,80)(H,71,87)(H,88,89)/t28-,29-,30-,31-,32-,33-,36-,37-,38-,39+,40+,42-,43-,44+,45-,46-,47-,48+,49+,59-,60-/m0/s1. The minimum atomic E-state index is -1.96. The number of amides is 10. The smallest absolute Gasteiger partial charge is 0.326 e. The van der Waals surface area contributed by atoms with Crippen molar-refractivity contribution in [1.29, 1.82) is 0 Å². The number of nitrogens with one attached hydrogen (secondary N) is 10. The Morgan fingerprint density at radius 2 is 1.04 bits per heavy atom. The largest absolute Gasteiger partial charge is 0.480 e. The third-order valence-electron chi connectivity index (χ3n) is 15.9. The second-order valence-electron chi connectivity index (χ2n) is 24.1. The van der Waals surface area contributed by atoms with Crippen LogP contribution in [-0.2, 0) is 78.1 Å². The van der Waals surface area contributed by atoms with Crippen LogP contribution >= 0.6 is 0 Å². The van der Waals surface area contributed by atoms with E-state index in [0.29, 0.717) is 18.4 Å². The molecule has 0 aliphatic carbocycles. The quantitative estimate of drug-likeness (QED) is 0.0276. The Hall–Kier alpha value is -7.05. The number of rotatable bonds is 37. The molecule has 2 fully saturated rings. The van der Waals surface area contributed by atoms with Crippen molar-refractivity contribution in [2.24, 2.45) is 23.5 Å². The first kappa shape index (κ1) is 80.2. The van der Waals surface area contributed by atoms with Gasteiger partial charge in [0.25, 0.3) is 0 Å². The van der Waals surface area contributed by atoms with E-state index in [4.69, 9.17) is 24.7 Å². The van der Waals surface area contributed by atoms with Crippen molar-refractivity contribution in [2.45, 2.75) is 230 Å². The maximum Gasteiger partial charge on any atom is 0.326 e. The molecular weight excluding hydrogens is 1230 g/mol. The molecule has 0 aromatic heterocycles. The number of hydrogen-bond donors (Lipinski definition) is 18. The molecule has 21 atom stereocenters. The average Bonchev–Trinajstić information content (AvgIpc) is 0.813. The molecule has 3 rings (SSSR count). The Balaban J connectivity index is 1.91. The topological polar surface area (TPSA) is 513 Å². The van der Waals surface area contributed by atoms with Gasteiger partial charge in [0.1, 0.15) is 104 Å². The van der Waals surface area contributed by atoms with Gasteiger partial charge in [0.2, 0.25) is 59.1 Å². The zero-order valence-electron chi connectivity index (χ0n) is 54.5. The van der Waals surface area contributed by atoms with Crippen molar-refractivity contribution in [1.82, 2.24) is 53.2 Å². The van der Waals surface area contributed by atoms with Crippen molar-refractivity contribution < 1.29 is 107 Å². The Labute approximate surface area is 540 Å². The molecule has 1 aromatic rings. The Kier molecular flexibility index (Phi) is 33.6. The minimum Gasteiger partial charge on any atom is -0.480 e. The predicted octanol–water partition coefficient (Wildman–Crippen LogP) is -5.58. The van der Waals surface area contributed by atoms with E-state index in [0.717, 1.165) is 6.92 Å². The van der Waals surface area contributed by atoms with E-state index < -0.39 is 212 Å². The number of carboxylic acid groups (broad SMARTS) is 1. The number of carbonyl (C=O) groups excluding carboxylic acids is 10. The number of hydrogen-bond acceptors (Lipinski definition) is 22. The van der Waals surface area contributed by atoms with E-state index >= 15 is 0 Å². The maximum atomic E-state index is 14.6. The summed E-state index contributed by atoms with van der Waals surface area (Å²) in [5.74, 6) is -10.4. The highest BCUT2D eigenvalue weighted by molar-refractivity contribution is 5.98. The predicted molar refractivity (Wildman–Crippen MR) is 328 cm³/mol. The van der Waals surface area contributed by atoms with Gasteiger partial charge < -0.3 is 114 Å². The zero-order valence-corrected chi connectivity index (χ0v) is 54.5. The van der Waals surface area contributed by atoms with Gasteiger partial charge in [-0.2, -0.15) is 0 Å². The van der Waals surface area contributed by atoms with Crippen LogP contribution in [0.5, 0.6) is 0 Å². The van der Waals surface area contributed by atoms with Crippen molar-refractivity contribution >= 4 is 65.0 Å². The molecule has 0 radical (unpaired) electrons. The molecule has 0 saturated carbocycles. The molecule has 0 bridgehead atoms. The summed E-state index contributed by atoms with van der Waals surface area (Å²) in [5.41, 5.74) is 6.31. The lowest BCUT2D eigenvalue weighted by Gasteiger charge is -2.47. The van der Waals surface area contributed by atoms with Gasteiger partial charge in [0.15, 0.2) is 12.6 Å². The van der Waals surface area contributed by atoms with Gasteiger partial charge in [-0.1, -0.05) is 84.7 Å². The number of aliphatic carboxylic acids is 1. The Bertz CT molecular complexity index is 2640. The number of ether oxygens (including phenoxy) is 4. The first-order valence-electron chi connectivity index (χ1n) is 31.2. The Morgan fingerprint density at radius 1 is 0.570 bits per heavy atom. The van der Waals surface area contributed by atoms with Crippen LogP contribution in [0.2, 0.25) is 0 Å². The summed E-state index contributed by atoms with van der Waals surface area (Å²) in [7, 11) is 0. The van der Waals surface area contributed by atoms with Gasteiger partial charge in [0.05, 0.1) is 19.3 Å². The van der Waals surface area contributed by atoms with E-state index in [2.05, 4.69) is 53.2 Å². The van der Waals surface area contributed by atoms with E-state index in [1.54, 1.807) is 65.0 Å². The molecule has 10 amide bonds. The second-order valence-corrected chi connectivity index (χ2v) is 24.1. The summed E-state index contributed by atoms with van der Waals surface area (Å²) in [6.45, 7) is 14.2. The summed E-state index contributed by atoms with van der Waals surface area (Å²) >= 11 is 0. The molecular formula is C60H99N11O22. The highest BCUT2D eigenvalue weighted by atomic mass is 16.7. The number of nitrogens with two attached hydrogens (primary N) is 1. The van der Waals surface area contributed by atoms with Gasteiger partial charge in [-0.05, 0) is 70.3 Å². The molecule has 93 heavy (non-hydrogen) atoms. The zero-order chi connectivity index (χ0) is 70.1. The molecule has 0 unspecified atom stereocenters. The fourth-order valence-electron chi connectivity index (χ4n) is 9.81. The minimum absolute atomic E-state index is 0.0945. The molecule has 33 heteroatoms. The molecule has 0 spiro atoms. The highest BCUT2D eigenvalue weighted by Gasteiger charge is 2.52. The van der Waals surface area contributed by atoms with E-state index in [1.807, 2.05) is 6.92 Å². The summed E-state index contributed by atoms with van der Waals surface area (Å²) < 4.78 is 22.7. The number of aliphatic hydroxyl groups is 6. The van der Waals surface area contributed by atoms with Crippen LogP contribution in [0.25, 0.3) is 0 Å². The molecule has 2 heterocycles. The number of benzene rings is 1. The molecule has 2 aliphatic heterocycles. The lowest BCUT2D eigenvalue weighted by atomic mass is 9.94. The van der Waals surface area contributed by atoms with Crippen molar-refractivity contribution in [3.8, 4) is 0 Å². The normalized spacial score (nSPS) is 24.8. The number of aliphatic hydroxyl groups excluding tert-OH is 6. The SMILES string of the molecule is CC[C@H](C)[C@H](NC(=O)[C@H](C)N)C(=O)N[C@H](C(=O)N[C@@H](C)C(=O)N[C@@H](CCCNC(=O)CO[C@H]1O[C@H](CO)[C@H](O)[C@H](O[C@@H]2O[C@H](CO)[C@H](O)[C@H](O)[C@H]2O)[C@H]1NC(C)=O)C(=O)N[C@@H](Cc1ccccc1)C(=O)N[C@@H](C)C(=O)N[C@@H](C)C(=O)N[C@@H](CC(C)C)C(=O)O)[C@@H](C)CC. The van der Waals surface area contributed by atoms with Crippen molar-refractivity contribution in [3.63, 3.8) is 0 Å². The van der Waals surface area contributed by atoms with E-state index in [9.17, 15) is 88.5 Å². The van der Waals surface area contributed by atoms with Crippen LogP contribution in [0.1, 0.15) is 114 Å². The monoisotopic (exact) mass is 1330 g/mol. The van der Waals surface area contributed by atoms with Gasteiger partial charge in [-0.15, -0.1) is 0 Å². The molecule has 526 valence electrons. The van der Waals surface area contributed by atoms with Crippen LogP contribution in [0, 0.1) is 17.8 Å². The molecule has 19 N–H and O–H groups in total. The van der Waals surface area contributed by atoms with Crippen LogP contribution in [0.3, 0.4) is 0 Å². The lowest BCUT2D eigenvalue weighted by molar-refractivity contribution is -0.344. The third-order valence-corrected chi connectivity index (χ3v) is 15.9. The maximum absolute atomic E-state index is 14.6. The van der Waals surface area contributed by atoms with Gasteiger partial charge in [-0.3, -0.25) is 47.9 Å². The van der Waals surface area contributed by atoms with Gasteiger partial charge in [0, 0.05) is 19.9 Å². The van der Waals surface area contributed by atoms with E-state index in [-0.39, 0.29) is 38.1 Å². The summed E-state index contributed by atoms with van der Waals surface area (Å²) in [6.07, 6.45) is -15.1. The van der Waals surface area contributed by atoms with Gasteiger partial charge in [-0.25, -0.2) is 4.79 Å². The Morgan fingerprint density at radius 3 is 1.56 bits per heavy atom. The van der Waals surface area contributed by atoms with Crippen molar-refractivity contribution in [3.05, 3.63) is 35.9 Å². The first-order chi connectivity index (χ1) is 43.7. The molecule has 2 aliphatic rings. The second kappa shape index (κ2) is 39.0. The third kappa shape index (κ3) is 25.0. The van der Waals surface area contributed by atoms with Crippen LogP contribution < -0.4 is 58.9 Å². The number of carboxylic acids is 1. The van der Waals surface area contributed by atoms with Crippen LogP contribution in [0.15, 0.2) is 30.3 Å². The highest BCUT2D eigenvalue weighted by Crippen LogP contribution is 2.30.